The van der Waals surface area contributed by atoms with Crippen LogP contribution in [0.4, 0.5) is 0 Å². The van der Waals surface area contributed by atoms with E-state index in [0.717, 1.165) is 5.57 Å². The van der Waals surface area contributed by atoms with Crippen molar-refractivity contribution in [3.8, 4) is 18.2 Å². The third-order valence-corrected chi connectivity index (χ3v) is 2.73. The van der Waals surface area contributed by atoms with Gasteiger partial charge in [-0.3, -0.25) is 0 Å². The summed E-state index contributed by atoms with van der Waals surface area (Å²) in [6.07, 6.45) is 1.91. The zero-order valence-corrected chi connectivity index (χ0v) is 10.7. The lowest BCUT2D eigenvalue weighted by Crippen LogP contribution is -2.01. The van der Waals surface area contributed by atoms with Crippen molar-refractivity contribution >= 4 is 5.57 Å². The van der Waals surface area contributed by atoms with Gasteiger partial charge >= 0.3 is 0 Å². The molecule has 0 fully saturated rings. The molecule has 1 aromatic carbocycles. The second-order valence-electron chi connectivity index (χ2n) is 4.18. The smallest absolute Gasteiger partial charge is 0.0998 e. The number of nitrogens with zero attached hydrogens (tertiary/aromatic N) is 3. The van der Waals surface area contributed by atoms with Gasteiger partial charge in [-0.25, -0.2) is 0 Å². The molecule has 0 saturated carbocycles. The maximum Gasteiger partial charge on any atom is 0.0998 e. The lowest BCUT2D eigenvalue weighted by molar-refractivity contribution is 0.853. The fourth-order valence-electron chi connectivity index (χ4n) is 1.96. The Morgan fingerprint density at radius 3 is 1.83 bits per heavy atom. The van der Waals surface area contributed by atoms with Crippen LogP contribution in [0.5, 0.6) is 0 Å². The highest BCUT2D eigenvalue weighted by atomic mass is 14.3. The fourth-order valence-corrected chi connectivity index (χ4v) is 1.96. The quantitative estimate of drug-likeness (QED) is 0.789. The molecule has 0 aliphatic heterocycles. The lowest BCUT2D eigenvalue weighted by Gasteiger charge is -2.14. The molecule has 0 saturated heterocycles. The van der Waals surface area contributed by atoms with Gasteiger partial charge in [-0.15, -0.1) is 0 Å². The topological polar surface area (TPSA) is 71.4 Å². The highest BCUT2D eigenvalue weighted by Gasteiger charge is 2.16. The zero-order valence-electron chi connectivity index (χ0n) is 10.7. The summed E-state index contributed by atoms with van der Waals surface area (Å²) < 4.78 is 0. The first-order valence-electron chi connectivity index (χ1n) is 5.63. The summed E-state index contributed by atoms with van der Waals surface area (Å²) >= 11 is 0. The summed E-state index contributed by atoms with van der Waals surface area (Å²) in [4.78, 5) is 0. The van der Waals surface area contributed by atoms with Crippen LogP contribution in [0.2, 0.25) is 0 Å². The predicted molar refractivity (Wildman–Crippen MR) is 69.1 cm³/mol. The number of hydrogen-bond acceptors (Lipinski definition) is 3. The van der Waals surface area contributed by atoms with Crippen LogP contribution in [0.3, 0.4) is 0 Å². The van der Waals surface area contributed by atoms with Gasteiger partial charge in [0, 0.05) is 5.56 Å². The molecular weight excluding hydrogens is 222 g/mol. The van der Waals surface area contributed by atoms with Gasteiger partial charge in [-0.2, -0.15) is 15.8 Å². The first-order valence-corrected chi connectivity index (χ1v) is 5.63. The molecule has 0 amide bonds. The van der Waals surface area contributed by atoms with Crippen LogP contribution < -0.4 is 0 Å². The van der Waals surface area contributed by atoms with Crippen LogP contribution in [-0.4, -0.2) is 0 Å². The molecule has 88 valence electrons. The molecule has 0 atom stereocenters. The van der Waals surface area contributed by atoms with E-state index in [0.29, 0.717) is 22.3 Å². The van der Waals surface area contributed by atoms with E-state index >= 15 is 0 Å². The van der Waals surface area contributed by atoms with E-state index in [2.05, 4.69) is 12.1 Å². The van der Waals surface area contributed by atoms with Crippen molar-refractivity contribution in [3.63, 3.8) is 0 Å². The third kappa shape index (κ3) is 2.40. The van der Waals surface area contributed by atoms with E-state index in [4.69, 9.17) is 5.26 Å². The van der Waals surface area contributed by atoms with Crippen molar-refractivity contribution in [3.05, 3.63) is 40.5 Å². The number of nitriles is 3. The number of benzene rings is 1. The molecule has 1 rings (SSSR count). The molecule has 1 aromatic rings. The molecule has 0 aromatic heterocycles. The van der Waals surface area contributed by atoms with Gasteiger partial charge in [0.1, 0.15) is 0 Å². The minimum absolute atomic E-state index is 0.210. The maximum absolute atomic E-state index is 9.19. The normalized spacial score (nSPS) is 10.6. The van der Waals surface area contributed by atoms with Crippen molar-refractivity contribution in [2.45, 2.75) is 20.8 Å². The van der Waals surface area contributed by atoms with Crippen LogP contribution in [0.1, 0.15) is 43.0 Å². The van der Waals surface area contributed by atoms with E-state index in [9.17, 15) is 10.5 Å². The maximum atomic E-state index is 9.19. The Morgan fingerprint density at radius 2 is 1.56 bits per heavy atom. The molecule has 18 heavy (non-hydrogen) atoms. The average molecular weight is 235 g/mol. The Bertz CT molecular complexity index is 582. The molecule has 0 radical (unpaired) electrons. The fraction of sp³-hybridized carbons (Fsp3) is 0.267. The number of rotatable bonds is 2. The molecule has 0 spiro atoms. The van der Waals surface area contributed by atoms with Gasteiger partial charge in [0.15, 0.2) is 0 Å². The van der Waals surface area contributed by atoms with Crippen molar-refractivity contribution in [1.29, 1.82) is 15.8 Å². The first kappa shape index (κ1) is 13.5. The summed E-state index contributed by atoms with van der Waals surface area (Å²) in [5.74, 6) is 0.210. The standard InChI is InChI=1S/C15H13N3/c1-4-14(10(2)3)15-12(8-17)5-11(7-16)6-13(15)9-18/h4-6,10H,1-3H3/b14-4+. The van der Waals surface area contributed by atoms with Crippen LogP contribution in [0, 0.1) is 39.9 Å². The molecule has 0 unspecified atom stereocenters. The second-order valence-corrected chi connectivity index (χ2v) is 4.18. The van der Waals surface area contributed by atoms with Gasteiger partial charge in [0.05, 0.1) is 34.9 Å². The predicted octanol–water partition coefficient (Wildman–Crippen LogP) is 3.36. The Hall–Kier alpha value is -2.57. The van der Waals surface area contributed by atoms with Crippen LogP contribution in [0.25, 0.3) is 5.57 Å². The molecule has 0 heterocycles. The Morgan fingerprint density at radius 1 is 1.06 bits per heavy atom. The number of allylic oxidation sites excluding steroid dienone is 2. The Balaban J connectivity index is 3.69. The largest absolute Gasteiger partial charge is 0.192 e. The van der Waals surface area contributed by atoms with Crippen molar-refractivity contribution in [1.82, 2.24) is 0 Å². The highest BCUT2D eigenvalue weighted by molar-refractivity contribution is 5.77. The second kappa shape index (κ2) is 5.67. The lowest BCUT2D eigenvalue weighted by atomic mass is 9.87. The van der Waals surface area contributed by atoms with Crippen LogP contribution in [0.15, 0.2) is 18.2 Å². The summed E-state index contributed by atoms with van der Waals surface area (Å²) in [7, 11) is 0. The minimum atomic E-state index is 0.210. The SMILES string of the molecule is C/C=C(/c1c(C#N)cc(C#N)cc1C#N)C(C)C. The van der Waals surface area contributed by atoms with Gasteiger partial charge < -0.3 is 0 Å². The van der Waals surface area contributed by atoms with Gasteiger partial charge in [0.25, 0.3) is 0 Å². The van der Waals surface area contributed by atoms with E-state index in [1.165, 1.54) is 12.1 Å². The summed E-state index contributed by atoms with van der Waals surface area (Å²) in [6.45, 7) is 5.90. The highest BCUT2D eigenvalue weighted by Crippen LogP contribution is 2.29. The van der Waals surface area contributed by atoms with Crippen LogP contribution >= 0.6 is 0 Å². The molecule has 0 bridgehead atoms. The molecule has 0 aliphatic carbocycles. The van der Waals surface area contributed by atoms with Crippen molar-refractivity contribution in [2.75, 3.05) is 0 Å². The van der Waals surface area contributed by atoms with E-state index in [-0.39, 0.29) is 5.92 Å². The summed E-state index contributed by atoms with van der Waals surface area (Å²) in [5, 5.41) is 27.3. The molecule has 3 heteroatoms. The van der Waals surface area contributed by atoms with E-state index in [1.54, 1.807) is 0 Å². The van der Waals surface area contributed by atoms with Crippen molar-refractivity contribution in [2.24, 2.45) is 5.92 Å². The van der Waals surface area contributed by atoms with Gasteiger partial charge in [-0.05, 0) is 30.5 Å². The van der Waals surface area contributed by atoms with Crippen molar-refractivity contribution < 1.29 is 0 Å². The first-order chi connectivity index (χ1) is 8.58. The van der Waals surface area contributed by atoms with Gasteiger partial charge in [-0.1, -0.05) is 19.9 Å². The average Bonchev–Trinajstić information content (AvgIpc) is 2.38. The van der Waals surface area contributed by atoms with E-state index in [1.807, 2.05) is 32.9 Å². The zero-order chi connectivity index (χ0) is 13.7. The minimum Gasteiger partial charge on any atom is -0.192 e. The Labute approximate surface area is 107 Å². The van der Waals surface area contributed by atoms with Gasteiger partial charge in [0.2, 0.25) is 0 Å². The monoisotopic (exact) mass is 235 g/mol. The third-order valence-electron chi connectivity index (χ3n) is 2.73. The molecule has 0 N–H and O–H groups in total. The van der Waals surface area contributed by atoms with E-state index < -0.39 is 0 Å². The molecule has 0 aliphatic rings. The summed E-state index contributed by atoms with van der Waals surface area (Å²) in [5.41, 5.74) is 2.70. The Kier molecular flexibility index (Phi) is 4.25. The molecular formula is C15H13N3. The summed E-state index contributed by atoms with van der Waals surface area (Å²) in [6, 6.07) is 9.17. The molecule has 3 nitrogen and oxygen atoms in total. The number of hydrogen-bond donors (Lipinski definition) is 0. The van der Waals surface area contributed by atoms with Crippen LogP contribution in [-0.2, 0) is 0 Å².